The molecule has 0 aliphatic carbocycles. The van der Waals surface area contributed by atoms with Crippen LogP contribution in [0.25, 0.3) is 0 Å². The van der Waals surface area contributed by atoms with Crippen molar-refractivity contribution in [2.75, 3.05) is 31.6 Å². The number of carbonyl (C=O) groups is 2. The van der Waals surface area contributed by atoms with Crippen molar-refractivity contribution in [3.63, 3.8) is 0 Å². The lowest BCUT2D eigenvalue weighted by molar-refractivity contribution is -0.128. The highest BCUT2D eigenvalue weighted by Crippen LogP contribution is 2.25. The van der Waals surface area contributed by atoms with Crippen molar-refractivity contribution < 1.29 is 14.3 Å². The molecule has 1 aliphatic heterocycles. The number of carbonyl (C=O) groups excluding carboxylic acids is 2. The Morgan fingerprint density at radius 2 is 2.00 bits per heavy atom. The first-order chi connectivity index (χ1) is 13.5. The summed E-state index contributed by atoms with van der Waals surface area (Å²) in [5.74, 6) is 0.625. The largest absolute Gasteiger partial charge is 0.497 e. The number of hydrogen-bond donors (Lipinski definition) is 0. The molecule has 1 saturated heterocycles. The van der Waals surface area contributed by atoms with E-state index >= 15 is 0 Å². The molecule has 0 radical (unpaired) electrons. The molecule has 0 aromatic heterocycles. The smallest absolute Gasteiger partial charge is 0.232 e. The van der Waals surface area contributed by atoms with Crippen molar-refractivity contribution >= 4 is 17.5 Å². The van der Waals surface area contributed by atoms with Gasteiger partial charge in [-0.2, -0.15) is 0 Å². The summed E-state index contributed by atoms with van der Waals surface area (Å²) in [6.07, 6.45) is 1.04. The Hall–Kier alpha value is -2.82. The van der Waals surface area contributed by atoms with Crippen LogP contribution in [-0.2, 0) is 16.0 Å². The molecule has 0 spiro atoms. The number of rotatable bonds is 7. The van der Waals surface area contributed by atoms with Gasteiger partial charge in [-0.05, 0) is 55.7 Å². The first-order valence-corrected chi connectivity index (χ1v) is 9.80. The standard InChI is InChI=1S/C23H28N2O3/c1-4-25(20-9-5-7-17(2)13-20)23(27)19-15-22(26)24(16-19)12-11-18-8-6-10-21(14-18)28-3/h5-10,13-14,19H,4,11-12,15-16H2,1-3H3. The molecule has 1 fully saturated rings. The van der Waals surface area contributed by atoms with Crippen LogP contribution in [0.2, 0.25) is 0 Å². The van der Waals surface area contributed by atoms with Gasteiger partial charge in [-0.25, -0.2) is 0 Å². The van der Waals surface area contributed by atoms with Gasteiger partial charge in [-0.3, -0.25) is 9.59 Å². The normalized spacial score (nSPS) is 16.3. The quantitative estimate of drug-likeness (QED) is 0.739. The molecule has 1 unspecified atom stereocenters. The number of amides is 2. The van der Waals surface area contributed by atoms with Crippen LogP contribution in [-0.4, -0.2) is 43.5 Å². The molecule has 3 rings (SSSR count). The van der Waals surface area contributed by atoms with Gasteiger partial charge in [0.1, 0.15) is 5.75 Å². The fourth-order valence-electron chi connectivity index (χ4n) is 3.73. The molecule has 1 atom stereocenters. The Balaban J connectivity index is 1.63. The molecular weight excluding hydrogens is 352 g/mol. The highest BCUT2D eigenvalue weighted by atomic mass is 16.5. The van der Waals surface area contributed by atoms with E-state index in [4.69, 9.17) is 4.74 Å². The number of hydrogen-bond acceptors (Lipinski definition) is 3. The number of ether oxygens (including phenoxy) is 1. The van der Waals surface area contributed by atoms with Crippen LogP contribution in [0, 0.1) is 12.8 Å². The minimum absolute atomic E-state index is 0.0327. The van der Waals surface area contributed by atoms with Gasteiger partial charge < -0.3 is 14.5 Å². The molecule has 5 nitrogen and oxygen atoms in total. The maximum absolute atomic E-state index is 13.1. The zero-order valence-corrected chi connectivity index (χ0v) is 16.9. The lowest BCUT2D eigenvalue weighted by Gasteiger charge is -2.24. The van der Waals surface area contributed by atoms with E-state index in [0.29, 0.717) is 26.1 Å². The fourth-order valence-corrected chi connectivity index (χ4v) is 3.73. The van der Waals surface area contributed by atoms with E-state index in [9.17, 15) is 9.59 Å². The second-order valence-corrected chi connectivity index (χ2v) is 7.26. The summed E-state index contributed by atoms with van der Waals surface area (Å²) in [4.78, 5) is 29.1. The molecule has 28 heavy (non-hydrogen) atoms. The van der Waals surface area contributed by atoms with Crippen LogP contribution in [0.3, 0.4) is 0 Å². The van der Waals surface area contributed by atoms with Crippen molar-refractivity contribution in [2.45, 2.75) is 26.7 Å². The van der Waals surface area contributed by atoms with E-state index in [0.717, 1.165) is 29.0 Å². The second-order valence-electron chi connectivity index (χ2n) is 7.26. The van der Waals surface area contributed by atoms with E-state index < -0.39 is 0 Å². The first-order valence-electron chi connectivity index (χ1n) is 9.80. The molecule has 0 N–H and O–H groups in total. The van der Waals surface area contributed by atoms with Crippen molar-refractivity contribution in [1.82, 2.24) is 4.90 Å². The first kappa shape index (κ1) is 19.9. The summed E-state index contributed by atoms with van der Waals surface area (Å²) in [5, 5.41) is 0. The van der Waals surface area contributed by atoms with E-state index in [-0.39, 0.29) is 17.7 Å². The van der Waals surface area contributed by atoms with E-state index in [2.05, 4.69) is 0 Å². The topological polar surface area (TPSA) is 49.9 Å². The van der Waals surface area contributed by atoms with Gasteiger partial charge in [0.05, 0.1) is 13.0 Å². The molecule has 148 valence electrons. The Kier molecular flexibility index (Phi) is 6.34. The molecular formula is C23H28N2O3. The average molecular weight is 380 g/mol. The highest BCUT2D eigenvalue weighted by Gasteiger charge is 2.36. The van der Waals surface area contributed by atoms with Gasteiger partial charge in [-0.1, -0.05) is 24.3 Å². The van der Waals surface area contributed by atoms with Gasteiger partial charge in [0.2, 0.25) is 11.8 Å². The van der Waals surface area contributed by atoms with Crippen molar-refractivity contribution in [3.05, 3.63) is 59.7 Å². The number of aryl methyl sites for hydroxylation is 1. The predicted octanol–water partition coefficient (Wildman–Crippen LogP) is 3.45. The summed E-state index contributed by atoms with van der Waals surface area (Å²) in [7, 11) is 1.65. The average Bonchev–Trinajstić information content (AvgIpc) is 3.08. The zero-order chi connectivity index (χ0) is 20.1. The van der Waals surface area contributed by atoms with Crippen LogP contribution in [0.5, 0.6) is 5.75 Å². The van der Waals surface area contributed by atoms with Crippen LogP contribution in [0.1, 0.15) is 24.5 Å². The maximum Gasteiger partial charge on any atom is 0.232 e. The van der Waals surface area contributed by atoms with E-state index in [1.54, 1.807) is 12.0 Å². The van der Waals surface area contributed by atoms with Crippen molar-refractivity contribution in [2.24, 2.45) is 5.92 Å². The molecule has 0 saturated carbocycles. The minimum Gasteiger partial charge on any atom is -0.497 e. The second kappa shape index (κ2) is 8.91. The summed E-state index contributed by atoms with van der Waals surface area (Å²) >= 11 is 0. The van der Waals surface area contributed by atoms with Crippen LogP contribution >= 0.6 is 0 Å². The molecule has 1 heterocycles. The summed E-state index contributed by atoms with van der Waals surface area (Å²) in [6, 6.07) is 15.8. The summed E-state index contributed by atoms with van der Waals surface area (Å²) < 4.78 is 5.25. The van der Waals surface area contributed by atoms with E-state index in [1.165, 1.54) is 0 Å². The monoisotopic (exact) mass is 380 g/mol. The lowest BCUT2D eigenvalue weighted by Crippen LogP contribution is -2.37. The Bertz CT molecular complexity index is 849. The lowest BCUT2D eigenvalue weighted by atomic mass is 10.1. The third kappa shape index (κ3) is 4.53. The number of methoxy groups -OCH3 is 1. The van der Waals surface area contributed by atoms with Gasteiger partial charge in [0, 0.05) is 31.7 Å². The van der Waals surface area contributed by atoms with Crippen LogP contribution < -0.4 is 9.64 Å². The van der Waals surface area contributed by atoms with Crippen molar-refractivity contribution in [3.8, 4) is 5.75 Å². The molecule has 5 heteroatoms. The fraction of sp³-hybridized carbons (Fsp3) is 0.391. The third-order valence-corrected chi connectivity index (χ3v) is 5.26. The number of benzene rings is 2. The number of likely N-dealkylation sites (tertiary alicyclic amines) is 1. The predicted molar refractivity (Wildman–Crippen MR) is 111 cm³/mol. The number of nitrogens with zero attached hydrogens (tertiary/aromatic N) is 2. The van der Waals surface area contributed by atoms with Crippen LogP contribution in [0.15, 0.2) is 48.5 Å². The highest BCUT2D eigenvalue weighted by molar-refractivity contribution is 5.99. The molecule has 0 bridgehead atoms. The van der Waals surface area contributed by atoms with Crippen molar-refractivity contribution in [1.29, 1.82) is 0 Å². The summed E-state index contributed by atoms with van der Waals surface area (Å²) in [5.41, 5.74) is 3.14. The minimum atomic E-state index is -0.279. The van der Waals surface area contributed by atoms with Gasteiger partial charge >= 0.3 is 0 Å². The van der Waals surface area contributed by atoms with Gasteiger partial charge in [0.15, 0.2) is 0 Å². The zero-order valence-electron chi connectivity index (χ0n) is 16.9. The Morgan fingerprint density at radius 1 is 1.21 bits per heavy atom. The summed E-state index contributed by atoms with van der Waals surface area (Å²) in [6.45, 7) is 5.69. The molecule has 1 aliphatic rings. The number of anilines is 1. The maximum atomic E-state index is 13.1. The van der Waals surface area contributed by atoms with Gasteiger partial charge in [0.25, 0.3) is 0 Å². The third-order valence-electron chi connectivity index (χ3n) is 5.26. The van der Waals surface area contributed by atoms with E-state index in [1.807, 2.05) is 67.3 Å². The van der Waals surface area contributed by atoms with Crippen LogP contribution in [0.4, 0.5) is 5.69 Å². The Labute approximate surface area is 166 Å². The molecule has 2 aromatic carbocycles. The Morgan fingerprint density at radius 3 is 2.71 bits per heavy atom. The molecule has 2 aromatic rings. The van der Waals surface area contributed by atoms with Gasteiger partial charge in [-0.15, -0.1) is 0 Å². The molecule has 2 amide bonds. The SMILES string of the molecule is CCN(C(=O)C1CC(=O)N(CCc2cccc(OC)c2)C1)c1cccc(C)c1.